The van der Waals surface area contributed by atoms with Gasteiger partial charge in [-0.1, -0.05) is 18.5 Å². The summed E-state index contributed by atoms with van der Waals surface area (Å²) in [5.41, 5.74) is -0.719. The average Bonchev–Trinajstić information content (AvgIpc) is 2.30. The fourth-order valence-corrected chi connectivity index (χ4v) is 3.22. The fraction of sp³-hybridized carbons (Fsp3) is 0.500. The molecule has 1 heterocycles. The number of nitrogens with zero attached hydrogens (tertiary/aromatic N) is 1. The van der Waals surface area contributed by atoms with Crippen LogP contribution in [0.15, 0.2) is 22.0 Å². The highest BCUT2D eigenvalue weighted by Gasteiger charge is 2.36. The topological polar surface area (TPSA) is 70.2 Å². The van der Waals surface area contributed by atoms with Crippen molar-refractivity contribution in [3.63, 3.8) is 0 Å². The van der Waals surface area contributed by atoms with E-state index in [1.165, 1.54) is 0 Å². The molecule has 5 nitrogen and oxygen atoms in total. The van der Waals surface area contributed by atoms with E-state index < -0.39 is 38.2 Å². The third kappa shape index (κ3) is 4.22. The van der Waals surface area contributed by atoms with Crippen molar-refractivity contribution in [1.29, 1.82) is 0 Å². The lowest BCUT2D eigenvalue weighted by Gasteiger charge is -2.22. The number of alkyl halides is 3. The molecule has 0 aliphatic heterocycles. The first kappa shape index (κ1) is 17.0. The van der Waals surface area contributed by atoms with E-state index >= 15 is 0 Å². The Morgan fingerprint density at radius 1 is 1.40 bits per heavy atom. The summed E-state index contributed by atoms with van der Waals surface area (Å²) in [5.74, 6) is 0. The highest BCUT2D eigenvalue weighted by molar-refractivity contribution is 7.89. The van der Waals surface area contributed by atoms with Crippen LogP contribution in [-0.4, -0.2) is 37.0 Å². The lowest BCUT2D eigenvalue weighted by Crippen LogP contribution is -2.39. The third-order valence-electron chi connectivity index (χ3n) is 2.30. The monoisotopic (exact) mass is 332 g/mol. The molecule has 0 unspecified atom stereocenters. The van der Waals surface area contributed by atoms with Crippen molar-refractivity contribution >= 4 is 21.6 Å². The molecular weight excluding hydrogens is 321 g/mol. The number of hydrogen-bond donors (Lipinski definition) is 1. The lowest BCUT2D eigenvalue weighted by molar-refractivity contribution is -0.136. The Hall–Kier alpha value is -1.06. The standard InChI is InChI=1S/C10H12ClF3N2O3S/c1-2-3-16(6-10(12,13)14)20(18,19)7-4-8(11)9(17)15-5-7/h4-5H,2-3,6H2,1H3,(H,15,17). The van der Waals surface area contributed by atoms with Crippen LogP contribution in [0, 0.1) is 0 Å². The third-order valence-corrected chi connectivity index (χ3v) is 4.40. The normalized spacial score (nSPS) is 12.9. The van der Waals surface area contributed by atoms with Crippen molar-refractivity contribution in [1.82, 2.24) is 9.29 Å². The first-order valence-corrected chi connectivity index (χ1v) is 7.35. The molecule has 0 spiro atoms. The van der Waals surface area contributed by atoms with E-state index in [2.05, 4.69) is 4.98 Å². The van der Waals surface area contributed by atoms with E-state index in [0.717, 1.165) is 12.3 Å². The van der Waals surface area contributed by atoms with Crippen molar-refractivity contribution in [2.24, 2.45) is 0 Å². The molecule has 0 amide bonds. The van der Waals surface area contributed by atoms with Gasteiger partial charge in [0.05, 0.1) is 4.90 Å². The Kier molecular flexibility index (Phi) is 5.22. The van der Waals surface area contributed by atoms with Gasteiger partial charge in [0.15, 0.2) is 0 Å². The van der Waals surface area contributed by atoms with Gasteiger partial charge in [0.25, 0.3) is 5.56 Å². The molecule has 20 heavy (non-hydrogen) atoms. The van der Waals surface area contributed by atoms with Gasteiger partial charge in [0, 0.05) is 12.7 Å². The predicted octanol–water partition coefficient (Wildman–Crippen LogP) is 1.99. The number of H-pyrrole nitrogens is 1. The van der Waals surface area contributed by atoms with Crippen molar-refractivity contribution in [3.05, 3.63) is 27.6 Å². The quantitative estimate of drug-likeness (QED) is 0.896. The SMILES string of the molecule is CCCN(CC(F)(F)F)S(=O)(=O)c1c[nH]c(=O)c(Cl)c1. The Labute approximate surface area is 118 Å². The van der Waals surface area contributed by atoms with Gasteiger partial charge < -0.3 is 4.98 Å². The molecule has 0 bridgehead atoms. The zero-order valence-electron chi connectivity index (χ0n) is 10.4. The maximum absolute atomic E-state index is 12.4. The Morgan fingerprint density at radius 2 is 2.00 bits per heavy atom. The summed E-state index contributed by atoms with van der Waals surface area (Å²) in [7, 11) is -4.38. The molecule has 0 aliphatic rings. The number of sulfonamides is 1. The van der Waals surface area contributed by atoms with Gasteiger partial charge in [-0.15, -0.1) is 0 Å². The minimum Gasteiger partial charge on any atom is -0.326 e. The molecule has 0 saturated carbocycles. The van der Waals surface area contributed by atoms with Crippen LogP contribution in [0.2, 0.25) is 5.02 Å². The number of aromatic nitrogens is 1. The Balaban J connectivity index is 3.22. The van der Waals surface area contributed by atoms with Crippen molar-refractivity contribution in [2.45, 2.75) is 24.4 Å². The van der Waals surface area contributed by atoms with Crippen LogP contribution in [0.5, 0.6) is 0 Å². The maximum Gasteiger partial charge on any atom is 0.402 e. The van der Waals surface area contributed by atoms with Gasteiger partial charge >= 0.3 is 6.18 Å². The lowest BCUT2D eigenvalue weighted by atomic mass is 10.5. The molecule has 114 valence electrons. The van der Waals surface area contributed by atoms with Crippen LogP contribution in [-0.2, 0) is 10.0 Å². The molecular formula is C10H12ClF3N2O3S. The summed E-state index contributed by atoms with van der Waals surface area (Å²) in [4.78, 5) is 12.6. The van der Waals surface area contributed by atoms with E-state index in [0.29, 0.717) is 4.31 Å². The molecule has 0 radical (unpaired) electrons. The molecule has 1 rings (SSSR count). The van der Waals surface area contributed by atoms with Crippen LogP contribution in [0.1, 0.15) is 13.3 Å². The van der Waals surface area contributed by atoms with Crippen molar-refractivity contribution in [3.8, 4) is 0 Å². The van der Waals surface area contributed by atoms with E-state index in [9.17, 15) is 26.4 Å². The van der Waals surface area contributed by atoms with Crippen LogP contribution in [0.25, 0.3) is 0 Å². The first-order valence-electron chi connectivity index (χ1n) is 5.53. The number of hydrogen-bond acceptors (Lipinski definition) is 3. The van der Waals surface area contributed by atoms with Gasteiger partial charge in [-0.2, -0.15) is 17.5 Å². The second-order valence-electron chi connectivity index (χ2n) is 3.97. The van der Waals surface area contributed by atoms with Crippen LogP contribution < -0.4 is 5.56 Å². The number of aromatic amines is 1. The van der Waals surface area contributed by atoms with Gasteiger partial charge in [-0.25, -0.2) is 8.42 Å². The van der Waals surface area contributed by atoms with Gasteiger partial charge in [-0.3, -0.25) is 4.79 Å². The highest BCUT2D eigenvalue weighted by Crippen LogP contribution is 2.23. The molecule has 1 N–H and O–H groups in total. The number of rotatable bonds is 5. The summed E-state index contributed by atoms with van der Waals surface area (Å²) < 4.78 is 61.8. The molecule has 1 aromatic rings. The number of nitrogens with one attached hydrogen (secondary N) is 1. The van der Waals surface area contributed by atoms with E-state index in [-0.39, 0.29) is 13.0 Å². The summed E-state index contributed by atoms with van der Waals surface area (Å²) in [5, 5.41) is -0.408. The van der Waals surface area contributed by atoms with Gasteiger partial charge in [-0.05, 0) is 12.5 Å². The van der Waals surface area contributed by atoms with Gasteiger partial charge in [0.2, 0.25) is 10.0 Å². The number of halogens is 4. The Bertz CT molecular complexity index is 627. The summed E-state index contributed by atoms with van der Waals surface area (Å²) >= 11 is 5.49. The van der Waals surface area contributed by atoms with Crippen LogP contribution in [0.3, 0.4) is 0 Å². The van der Waals surface area contributed by atoms with E-state index in [4.69, 9.17) is 11.6 Å². The van der Waals surface area contributed by atoms with Gasteiger partial charge in [0.1, 0.15) is 11.6 Å². The second-order valence-corrected chi connectivity index (χ2v) is 6.31. The van der Waals surface area contributed by atoms with Crippen molar-refractivity contribution in [2.75, 3.05) is 13.1 Å². The Morgan fingerprint density at radius 3 is 2.45 bits per heavy atom. The first-order chi connectivity index (χ1) is 9.08. The average molecular weight is 333 g/mol. The van der Waals surface area contributed by atoms with Crippen LogP contribution in [0.4, 0.5) is 13.2 Å². The largest absolute Gasteiger partial charge is 0.402 e. The summed E-state index contributed by atoms with van der Waals surface area (Å²) in [6.07, 6.45) is -3.62. The predicted molar refractivity (Wildman–Crippen MR) is 67.2 cm³/mol. The zero-order chi connectivity index (χ0) is 15.6. The summed E-state index contributed by atoms with van der Waals surface area (Å²) in [6.45, 7) is -0.336. The minimum absolute atomic E-state index is 0.215. The highest BCUT2D eigenvalue weighted by atomic mass is 35.5. The molecule has 0 aromatic carbocycles. The zero-order valence-corrected chi connectivity index (χ0v) is 11.9. The summed E-state index contributed by atoms with van der Waals surface area (Å²) in [6, 6.07) is 0.828. The van der Waals surface area contributed by atoms with E-state index in [1.54, 1.807) is 6.92 Å². The molecule has 0 aliphatic carbocycles. The second kappa shape index (κ2) is 6.15. The molecule has 10 heteroatoms. The maximum atomic E-state index is 12.4. The fourth-order valence-electron chi connectivity index (χ4n) is 1.47. The van der Waals surface area contributed by atoms with E-state index in [1.807, 2.05) is 0 Å². The smallest absolute Gasteiger partial charge is 0.326 e. The molecule has 0 saturated heterocycles. The molecule has 0 atom stereocenters. The minimum atomic E-state index is -4.66. The van der Waals surface area contributed by atoms with Crippen LogP contribution >= 0.6 is 11.6 Å². The molecule has 1 aromatic heterocycles. The number of pyridine rings is 1. The molecule has 0 fully saturated rings. The van der Waals surface area contributed by atoms with Crippen molar-refractivity contribution < 1.29 is 21.6 Å².